The van der Waals surface area contributed by atoms with Crippen molar-refractivity contribution in [1.82, 2.24) is 0 Å². The van der Waals surface area contributed by atoms with Crippen LogP contribution < -0.4 is 4.90 Å². The Morgan fingerprint density at radius 2 is 1.71 bits per heavy atom. The summed E-state index contributed by atoms with van der Waals surface area (Å²) >= 11 is 5.49. The number of rotatable bonds is 7. The standard InChI is InChI=1S/C17H25NO2S/c1-5-13-10-9-11-14(6-2)17(13)18(15(21)7-3)12-16(19)20-8-4/h9-11H,5-8,12H2,1-4H3. The molecule has 0 radical (unpaired) electrons. The highest BCUT2D eigenvalue weighted by atomic mass is 32.1. The minimum atomic E-state index is -0.235. The molecule has 0 saturated carbocycles. The number of anilines is 1. The summed E-state index contributed by atoms with van der Waals surface area (Å²) in [4.78, 5) is 14.6. The average molecular weight is 307 g/mol. The molecule has 0 amide bonds. The fourth-order valence-corrected chi connectivity index (χ4v) is 2.54. The molecule has 0 atom stereocenters. The maximum atomic E-state index is 11.9. The number of nitrogens with zero attached hydrogens (tertiary/aromatic N) is 1. The molecule has 0 aromatic heterocycles. The van der Waals surface area contributed by atoms with E-state index in [2.05, 4.69) is 32.0 Å². The normalized spacial score (nSPS) is 10.3. The van der Waals surface area contributed by atoms with Crippen LogP contribution in [-0.2, 0) is 22.4 Å². The first kappa shape index (κ1) is 17.6. The average Bonchev–Trinajstić information content (AvgIpc) is 2.51. The number of para-hydroxylation sites is 1. The van der Waals surface area contributed by atoms with Crippen molar-refractivity contribution in [1.29, 1.82) is 0 Å². The van der Waals surface area contributed by atoms with Gasteiger partial charge in [0.1, 0.15) is 6.54 Å². The Morgan fingerprint density at radius 3 is 2.14 bits per heavy atom. The zero-order valence-corrected chi connectivity index (χ0v) is 14.3. The number of benzene rings is 1. The SMILES string of the molecule is CCOC(=O)CN(C(=S)CC)c1c(CC)cccc1CC. The van der Waals surface area contributed by atoms with E-state index < -0.39 is 0 Å². The van der Waals surface area contributed by atoms with E-state index in [-0.39, 0.29) is 12.5 Å². The minimum Gasteiger partial charge on any atom is -0.465 e. The van der Waals surface area contributed by atoms with E-state index in [9.17, 15) is 4.79 Å². The van der Waals surface area contributed by atoms with Gasteiger partial charge in [-0.1, -0.05) is 51.2 Å². The maximum Gasteiger partial charge on any atom is 0.325 e. The van der Waals surface area contributed by atoms with E-state index >= 15 is 0 Å². The van der Waals surface area contributed by atoms with Crippen LogP contribution in [0.25, 0.3) is 0 Å². The van der Waals surface area contributed by atoms with Crippen LogP contribution in [0.2, 0.25) is 0 Å². The van der Waals surface area contributed by atoms with E-state index in [0.717, 1.165) is 29.9 Å². The second-order valence-corrected chi connectivity index (χ2v) is 5.24. The Hall–Kier alpha value is -1.42. The third kappa shape index (κ3) is 4.53. The van der Waals surface area contributed by atoms with Gasteiger partial charge in [0.25, 0.3) is 0 Å². The van der Waals surface area contributed by atoms with Gasteiger partial charge in [-0.05, 0) is 37.3 Å². The quantitative estimate of drug-likeness (QED) is 0.564. The largest absolute Gasteiger partial charge is 0.465 e. The Morgan fingerprint density at radius 1 is 1.14 bits per heavy atom. The van der Waals surface area contributed by atoms with Gasteiger partial charge >= 0.3 is 5.97 Å². The third-order valence-electron chi connectivity index (χ3n) is 3.43. The smallest absolute Gasteiger partial charge is 0.325 e. The van der Waals surface area contributed by atoms with Gasteiger partial charge in [0.2, 0.25) is 0 Å². The number of thiocarbonyl (C=S) groups is 1. The molecule has 21 heavy (non-hydrogen) atoms. The van der Waals surface area contributed by atoms with E-state index in [1.54, 1.807) is 0 Å². The zero-order valence-electron chi connectivity index (χ0n) is 13.4. The van der Waals surface area contributed by atoms with Gasteiger partial charge in [-0.25, -0.2) is 0 Å². The molecule has 116 valence electrons. The molecule has 0 aliphatic rings. The highest BCUT2D eigenvalue weighted by Crippen LogP contribution is 2.28. The molecule has 0 heterocycles. The summed E-state index contributed by atoms with van der Waals surface area (Å²) < 4.78 is 5.10. The highest BCUT2D eigenvalue weighted by Gasteiger charge is 2.20. The molecule has 4 heteroatoms. The molecule has 0 unspecified atom stereocenters. The number of ether oxygens (including phenoxy) is 1. The molecule has 0 saturated heterocycles. The lowest BCUT2D eigenvalue weighted by Crippen LogP contribution is -2.36. The van der Waals surface area contributed by atoms with Gasteiger partial charge in [0.15, 0.2) is 0 Å². The van der Waals surface area contributed by atoms with Crippen LogP contribution in [0.15, 0.2) is 18.2 Å². The lowest BCUT2D eigenvalue weighted by atomic mass is 10.0. The molecule has 1 rings (SSSR count). The van der Waals surface area contributed by atoms with Crippen LogP contribution >= 0.6 is 12.2 Å². The van der Waals surface area contributed by atoms with E-state index in [1.807, 2.05) is 18.7 Å². The van der Waals surface area contributed by atoms with Crippen molar-refractivity contribution >= 4 is 28.9 Å². The van der Waals surface area contributed by atoms with Gasteiger partial charge < -0.3 is 9.64 Å². The minimum absolute atomic E-state index is 0.185. The highest BCUT2D eigenvalue weighted by molar-refractivity contribution is 7.80. The van der Waals surface area contributed by atoms with Crippen molar-refractivity contribution < 1.29 is 9.53 Å². The molecule has 0 aliphatic carbocycles. The number of aryl methyl sites for hydroxylation is 2. The fourth-order valence-electron chi connectivity index (χ4n) is 2.38. The van der Waals surface area contributed by atoms with Crippen molar-refractivity contribution in [2.45, 2.75) is 47.0 Å². The Kier molecular flexibility index (Phi) is 7.37. The van der Waals surface area contributed by atoms with Gasteiger partial charge in [0, 0.05) is 5.69 Å². The van der Waals surface area contributed by atoms with E-state index in [4.69, 9.17) is 17.0 Å². The first-order chi connectivity index (χ1) is 10.1. The van der Waals surface area contributed by atoms with Crippen LogP contribution in [-0.4, -0.2) is 24.1 Å². The van der Waals surface area contributed by atoms with Crippen molar-refractivity contribution in [3.8, 4) is 0 Å². The van der Waals surface area contributed by atoms with Crippen LogP contribution in [0, 0.1) is 0 Å². The molecular weight excluding hydrogens is 282 g/mol. The number of carbonyl (C=O) groups is 1. The second-order valence-electron chi connectivity index (χ2n) is 4.77. The molecule has 0 N–H and O–H groups in total. The van der Waals surface area contributed by atoms with Crippen molar-refractivity contribution in [2.75, 3.05) is 18.1 Å². The molecule has 0 spiro atoms. The first-order valence-electron chi connectivity index (χ1n) is 7.65. The maximum absolute atomic E-state index is 11.9. The first-order valence-corrected chi connectivity index (χ1v) is 8.06. The number of hydrogen-bond donors (Lipinski definition) is 0. The zero-order chi connectivity index (χ0) is 15.8. The van der Waals surface area contributed by atoms with E-state index in [0.29, 0.717) is 6.61 Å². The van der Waals surface area contributed by atoms with Gasteiger partial charge in [0.05, 0.1) is 11.6 Å². The van der Waals surface area contributed by atoms with E-state index in [1.165, 1.54) is 11.1 Å². The van der Waals surface area contributed by atoms with Gasteiger partial charge in [-0.15, -0.1) is 0 Å². The van der Waals surface area contributed by atoms with Gasteiger partial charge in [-0.2, -0.15) is 0 Å². The summed E-state index contributed by atoms with van der Waals surface area (Å²) in [5.74, 6) is -0.235. The topological polar surface area (TPSA) is 29.5 Å². The number of carbonyl (C=O) groups excluding carboxylic acids is 1. The Labute approximate surface area is 133 Å². The summed E-state index contributed by atoms with van der Waals surface area (Å²) in [5, 5.41) is 0. The molecule has 1 aromatic carbocycles. The summed E-state index contributed by atoms with van der Waals surface area (Å²) in [6, 6.07) is 6.27. The predicted molar refractivity (Wildman–Crippen MR) is 92.1 cm³/mol. The number of hydrogen-bond acceptors (Lipinski definition) is 3. The molecular formula is C17H25NO2S. The lowest BCUT2D eigenvalue weighted by Gasteiger charge is -2.28. The molecule has 0 bridgehead atoms. The monoisotopic (exact) mass is 307 g/mol. The van der Waals surface area contributed by atoms with Crippen molar-refractivity contribution in [2.24, 2.45) is 0 Å². The Balaban J connectivity index is 3.25. The second kappa shape index (κ2) is 8.78. The Bertz CT molecular complexity index is 477. The van der Waals surface area contributed by atoms with Crippen LogP contribution in [0.1, 0.15) is 45.2 Å². The van der Waals surface area contributed by atoms with Crippen molar-refractivity contribution in [3.63, 3.8) is 0 Å². The lowest BCUT2D eigenvalue weighted by molar-refractivity contribution is -0.141. The van der Waals surface area contributed by atoms with Crippen LogP contribution in [0.4, 0.5) is 5.69 Å². The van der Waals surface area contributed by atoms with Crippen LogP contribution in [0.5, 0.6) is 0 Å². The molecule has 0 aliphatic heterocycles. The van der Waals surface area contributed by atoms with Crippen LogP contribution in [0.3, 0.4) is 0 Å². The van der Waals surface area contributed by atoms with Gasteiger partial charge in [-0.3, -0.25) is 4.79 Å². The summed E-state index contributed by atoms with van der Waals surface area (Å²) in [5.41, 5.74) is 3.52. The number of esters is 1. The molecule has 1 aromatic rings. The molecule has 0 fully saturated rings. The third-order valence-corrected chi connectivity index (χ3v) is 3.94. The fraction of sp³-hybridized carbons (Fsp3) is 0.529. The predicted octanol–water partition coefficient (Wildman–Crippen LogP) is 3.92. The summed E-state index contributed by atoms with van der Waals surface area (Å²) in [7, 11) is 0. The summed E-state index contributed by atoms with van der Waals surface area (Å²) in [6.45, 7) is 8.65. The van der Waals surface area contributed by atoms with Crippen molar-refractivity contribution in [3.05, 3.63) is 29.3 Å². The summed E-state index contributed by atoms with van der Waals surface area (Å²) in [6.07, 6.45) is 2.56. The molecule has 3 nitrogen and oxygen atoms in total.